The van der Waals surface area contributed by atoms with Crippen LogP contribution in [0.25, 0.3) is 0 Å². The first-order chi connectivity index (χ1) is 8.94. The first-order valence-electron chi connectivity index (χ1n) is 5.45. The summed E-state index contributed by atoms with van der Waals surface area (Å²) in [7, 11) is -4.42. The van der Waals surface area contributed by atoms with Gasteiger partial charge in [0.05, 0.1) is 0 Å². The summed E-state index contributed by atoms with van der Waals surface area (Å²) >= 11 is 0. The van der Waals surface area contributed by atoms with Crippen LogP contribution in [0.15, 0.2) is 17.2 Å². The Morgan fingerprint density at radius 1 is 1.45 bits per heavy atom. The van der Waals surface area contributed by atoms with Crippen LogP contribution in [0.3, 0.4) is 0 Å². The highest BCUT2D eigenvalue weighted by Crippen LogP contribution is 2.20. The van der Waals surface area contributed by atoms with Crippen molar-refractivity contribution in [2.75, 3.05) is 6.54 Å². The molecule has 20 heavy (non-hydrogen) atoms. The summed E-state index contributed by atoms with van der Waals surface area (Å²) in [5.41, 5.74) is -0.313. The van der Waals surface area contributed by atoms with E-state index in [0.717, 1.165) is 16.8 Å². The van der Waals surface area contributed by atoms with Crippen molar-refractivity contribution >= 4 is 16.0 Å². The van der Waals surface area contributed by atoms with Gasteiger partial charge >= 0.3 is 12.1 Å². The maximum Gasteiger partial charge on any atom is 0.402 e. The molecule has 114 valence electrons. The van der Waals surface area contributed by atoms with Crippen LogP contribution in [0.5, 0.6) is 0 Å². The van der Waals surface area contributed by atoms with Crippen molar-refractivity contribution in [2.24, 2.45) is 0 Å². The first kappa shape index (κ1) is 16.5. The maximum absolute atomic E-state index is 12.0. The lowest BCUT2D eigenvalue weighted by atomic mass is 10.3. The van der Waals surface area contributed by atoms with E-state index in [4.69, 9.17) is 5.11 Å². The Morgan fingerprint density at radius 2 is 2.00 bits per heavy atom. The van der Waals surface area contributed by atoms with Crippen LogP contribution in [0.2, 0.25) is 0 Å². The van der Waals surface area contributed by atoms with E-state index >= 15 is 0 Å². The van der Waals surface area contributed by atoms with Gasteiger partial charge < -0.3 is 9.67 Å². The number of nitrogens with one attached hydrogen (secondary N) is 1. The Hall–Kier alpha value is -1.55. The summed E-state index contributed by atoms with van der Waals surface area (Å²) in [5, 5.41) is 8.94. The molecule has 0 aliphatic rings. The minimum atomic E-state index is -4.69. The molecule has 0 unspecified atom stereocenters. The van der Waals surface area contributed by atoms with Crippen LogP contribution in [-0.2, 0) is 10.0 Å². The average Bonchev–Trinajstić information content (AvgIpc) is 2.71. The quantitative estimate of drug-likeness (QED) is 0.864. The fourth-order valence-corrected chi connectivity index (χ4v) is 2.50. The topological polar surface area (TPSA) is 88.4 Å². The van der Waals surface area contributed by atoms with E-state index < -0.39 is 33.6 Å². The van der Waals surface area contributed by atoms with E-state index in [2.05, 4.69) is 0 Å². The zero-order valence-electron chi connectivity index (χ0n) is 10.6. The van der Waals surface area contributed by atoms with Gasteiger partial charge in [-0.3, -0.25) is 0 Å². The van der Waals surface area contributed by atoms with Gasteiger partial charge in [0, 0.05) is 12.2 Å². The molecule has 0 atom stereocenters. The third kappa shape index (κ3) is 3.97. The molecule has 0 spiro atoms. The molecule has 0 aliphatic carbocycles. The minimum Gasteiger partial charge on any atom is -0.477 e. The third-order valence-corrected chi connectivity index (χ3v) is 3.74. The molecular weight excluding hydrogens is 301 g/mol. The van der Waals surface area contributed by atoms with E-state index in [1.807, 2.05) is 0 Å². The first-order valence-corrected chi connectivity index (χ1v) is 6.94. The molecule has 0 radical (unpaired) electrons. The molecule has 1 heterocycles. The summed E-state index contributed by atoms with van der Waals surface area (Å²) in [6.45, 7) is 1.52. The van der Waals surface area contributed by atoms with Gasteiger partial charge in [0.25, 0.3) is 0 Å². The minimum absolute atomic E-state index is 0.313. The van der Waals surface area contributed by atoms with Crippen molar-refractivity contribution in [1.82, 2.24) is 9.29 Å². The Bertz CT molecular complexity index is 605. The molecule has 0 aromatic carbocycles. The van der Waals surface area contributed by atoms with E-state index in [1.165, 1.54) is 4.72 Å². The third-order valence-electron chi connectivity index (χ3n) is 2.37. The van der Waals surface area contributed by atoms with Crippen LogP contribution in [0.1, 0.15) is 30.4 Å². The van der Waals surface area contributed by atoms with E-state index in [0.29, 0.717) is 0 Å². The largest absolute Gasteiger partial charge is 0.477 e. The highest BCUT2D eigenvalue weighted by atomic mass is 32.2. The van der Waals surface area contributed by atoms with E-state index in [1.54, 1.807) is 13.8 Å². The lowest BCUT2D eigenvalue weighted by Crippen LogP contribution is -2.33. The van der Waals surface area contributed by atoms with Crippen LogP contribution in [0.4, 0.5) is 13.2 Å². The normalized spacial score (nSPS) is 12.9. The molecule has 2 N–H and O–H groups in total. The molecular formula is C10H13F3N2O4S. The van der Waals surface area contributed by atoms with Gasteiger partial charge in [0.15, 0.2) is 0 Å². The monoisotopic (exact) mass is 314 g/mol. The van der Waals surface area contributed by atoms with Crippen molar-refractivity contribution in [3.63, 3.8) is 0 Å². The number of rotatable bonds is 5. The summed E-state index contributed by atoms with van der Waals surface area (Å²) in [6, 6.07) is 0.466. The fourth-order valence-electron chi connectivity index (χ4n) is 1.46. The lowest BCUT2D eigenvalue weighted by Gasteiger charge is -2.09. The predicted molar refractivity (Wildman–Crippen MR) is 63.0 cm³/mol. The average molecular weight is 314 g/mol. The van der Waals surface area contributed by atoms with Crippen molar-refractivity contribution in [3.8, 4) is 0 Å². The molecule has 10 heteroatoms. The van der Waals surface area contributed by atoms with Crippen LogP contribution in [-0.4, -0.2) is 36.8 Å². The second-order valence-electron chi connectivity index (χ2n) is 4.31. The fraction of sp³-hybridized carbons (Fsp3) is 0.500. The zero-order valence-corrected chi connectivity index (χ0v) is 11.4. The van der Waals surface area contributed by atoms with Gasteiger partial charge in [-0.1, -0.05) is 0 Å². The van der Waals surface area contributed by atoms with Gasteiger partial charge in [-0.15, -0.1) is 0 Å². The van der Waals surface area contributed by atoms with Gasteiger partial charge in [-0.05, 0) is 19.9 Å². The summed E-state index contributed by atoms with van der Waals surface area (Å²) in [6.07, 6.45) is -3.70. The van der Waals surface area contributed by atoms with E-state index in [9.17, 15) is 26.4 Å². The molecule has 0 fully saturated rings. The number of sulfonamides is 1. The molecule has 0 saturated carbocycles. The second kappa shape index (κ2) is 5.44. The Kier molecular flexibility index (Phi) is 4.49. The number of hydrogen-bond acceptors (Lipinski definition) is 3. The molecule has 1 rings (SSSR count). The van der Waals surface area contributed by atoms with Gasteiger partial charge in [-0.25, -0.2) is 17.9 Å². The summed E-state index contributed by atoms with van der Waals surface area (Å²) in [4.78, 5) is 10.4. The predicted octanol–water partition coefficient (Wildman–Crippen LogP) is 1.61. The number of carboxylic acid groups (broad SMARTS) is 1. The second-order valence-corrected chi connectivity index (χ2v) is 6.07. The summed E-state index contributed by atoms with van der Waals surface area (Å²) < 4.78 is 61.9. The smallest absolute Gasteiger partial charge is 0.402 e. The van der Waals surface area contributed by atoms with Crippen molar-refractivity contribution in [1.29, 1.82) is 0 Å². The zero-order chi connectivity index (χ0) is 15.7. The van der Waals surface area contributed by atoms with E-state index in [-0.39, 0.29) is 11.7 Å². The van der Waals surface area contributed by atoms with Gasteiger partial charge in [0.2, 0.25) is 10.0 Å². The highest BCUT2D eigenvalue weighted by molar-refractivity contribution is 7.89. The molecule has 0 aliphatic heterocycles. The summed E-state index contributed by atoms with van der Waals surface area (Å²) in [5.74, 6) is -1.36. The number of aromatic carboxylic acids is 1. The lowest BCUT2D eigenvalue weighted by molar-refractivity contribution is -0.121. The molecule has 6 nitrogen and oxygen atoms in total. The number of hydrogen-bond donors (Lipinski definition) is 2. The number of alkyl halides is 3. The number of carbonyl (C=O) groups is 1. The van der Waals surface area contributed by atoms with Crippen molar-refractivity contribution in [2.45, 2.75) is 31.0 Å². The molecule has 1 aromatic rings. The van der Waals surface area contributed by atoms with Crippen molar-refractivity contribution < 1.29 is 31.5 Å². The van der Waals surface area contributed by atoms with Crippen LogP contribution < -0.4 is 4.72 Å². The maximum atomic E-state index is 12.0. The molecule has 1 aromatic heterocycles. The van der Waals surface area contributed by atoms with Crippen molar-refractivity contribution in [3.05, 3.63) is 18.0 Å². The Balaban J connectivity index is 3.14. The van der Waals surface area contributed by atoms with Gasteiger partial charge in [-0.2, -0.15) is 13.2 Å². The Labute approximate surface area is 113 Å². The standard InChI is InChI=1S/C10H13F3N2O4S/c1-6(2)15-4-7(3-8(15)9(16)17)20(18,19)14-5-10(11,12)13/h3-4,6,14H,5H2,1-2H3,(H,16,17). The Morgan fingerprint density at radius 3 is 2.35 bits per heavy atom. The highest BCUT2D eigenvalue weighted by Gasteiger charge is 2.31. The molecule has 0 saturated heterocycles. The molecule has 0 bridgehead atoms. The number of aromatic nitrogens is 1. The van der Waals surface area contributed by atoms with Crippen LogP contribution >= 0.6 is 0 Å². The number of carboxylic acids is 1. The van der Waals surface area contributed by atoms with Gasteiger partial charge in [0.1, 0.15) is 17.1 Å². The number of nitrogens with zero attached hydrogens (tertiary/aromatic N) is 1. The number of halogens is 3. The molecule has 0 amide bonds. The SMILES string of the molecule is CC(C)n1cc(S(=O)(=O)NCC(F)(F)F)cc1C(=O)O. The van der Waals surface area contributed by atoms with Crippen LogP contribution in [0, 0.1) is 0 Å².